The Kier molecular flexibility index (Phi) is 9.03. The molecule has 1 aromatic carbocycles. The van der Waals surface area contributed by atoms with Crippen LogP contribution in [0.1, 0.15) is 19.4 Å². The van der Waals surface area contributed by atoms with Gasteiger partial charge < -0.3 is 25.2 Å². The highest BCUT2D eigenvalue weighted by atomic mass is 16.5. The normalized spacial score (nSPS) is 15.8. The Morgan fingerprint density at radius 3 is 2.50 bits per heavy atom. The molecule has 1 amide bonds. The molecule has 1 aliphatic heterocycles. The average Bonchev–Trinajstić information content (AvgIpc) is 2.67. The maximum absolute atomic E-state index is 11.9. The lowest BCUT2D eigenvalue weighted by atomic mass is 10.1. The molecule has 3 N–H and O–H groups in total. The largest absolute Gasteiger partial charge is 0.493 e. The number of alkyl carbamates (subject to hydrolysis) is 1. The third-order valence-electron chi connectivity index (χ3n) is 4.39. The first-order chi connectivity index (χ1) is 13.4. The quantitative estimate of drug-likeness (QED) is 0.552. The third kappa shape index (κ3) is 8.14. The van der Waals surface area contributed by atoms with E-state index in [2.05, 4.69) is 29.4 Å². The second-order valence-corrected chi connectivity index (χ2v) is 7.32. The van der Waals surface area contributed by atoms with Gasteiger partial charge in [-0.1, -0.05) is 26.0 Å². The molecule has 0 spiro atoms. The van der Waals surface area contributed by atoms with E-state index < -0.39 is 18.1 Å². The molecule has 0 radical (unpaired) electrons. The van der Waals surface area contributed by atoms with E-state index in [0.717, 1.165) is 37.5 Å². The Morgan fingerprint density at radius 2 is 1.89 bits per heavy atom. The molecule has 1 saturated heterocycles. The number of amides is 1. The van der Waals surface area contributed by atoms with Crippen molar-refractivity contribution in [1.29, 1.82) is 0 Å². The van der Waals surface area contributed by atoms with Crippen LogP contribution in [-0.4, -0.2) is 74.0 Å². The highest BCUT2D eigenvalue weighted by molar-refractivity contribution is 5.80. The van der Waals surface area contributed by atoms with Gasteiger partial charge in [-0.05, 0) is 23.6 Å². The van der Waals surface area contributed by atoms with E-state index in [1.165, 1.54) is 0 Å². The van der Waals surface area contributed by atoms with Crippen molar-refractivity contribution in [2.45, 2.75) is 26.3 Å². The second kappa shape index (κ2) is 11.5. The first-order valence-corrected chi connectivity index (χ1v) is 9.75. The molecule has 1 aromatic rings. The van der Waals surface area contributed by atoms with Crippen LogP contribution >= 0.6 is 0 Å². The first kappa shape index (κ1) is 22.0. The zero-order chi connectivity index (χ0) is 20.4. The van der Waals surface area contributed by atoms with Crippen LogP contribution in [0.4, 0.5) is 4.79 Å². The number of piperazine rings is 1. The molecule has 0 bridgehead atoms. The van der Waals surface area contributed by atoms with Gasteiger partial charge in [-0.25, -0.2) is 9.59 Å². The summed E-state index contributed by atoms with van der Waals surface area (Å²) in [5.41, 5.74) is 0.797. The predicted octanol–water partition coefficient (Wildman–Crippen LogP) is 1.35. The molecule has 28 heavy (non-hydrogen) atoms. The van der Waals surface area contributed by atoms with Crippen LogP contribution in [-0.2, 0) is 16.0 Å². The topological polar surface area (TPSA) is 100 Å². The fraction of sp³-hybridized carbons (Fsp3) is 0.600. The minimum absolute atomic E-state index is 0.173. The number of hydrogen-bond donors (Lipinski definition) is 3. The van der Waals surface area contributed by atoms with E-state index in [-0.39, 0.29) is 13.0 Å². The molecule has 2 rings (SSSR count). The Labute approximate surface area is 166 Å². The molecule has 0 aliphatic carbocycles. The van der Waals surface area contributed by atoms with E-state index in [1.54, 1.807) is 0 Å². The molecule has 1 fully saturated rings. The Bertz CT molecular complexity index is 615. The van der Waals surface area contributed by atoms with Crippen LogP contribution in [0, 0.1) is 5.92 Å². The van der Waals surface area contributed by atoms with Gasteiger partial charge in [0.25, 0.3) is 0 Å². The third-order valence-corrected chi connectivity index (χ3v) is 4.39. The first-order valence-electron chi connectivity index (χ1n) is 9.75. The molecular formula is C20H31N3O5. The number of hydrogen-bond acceptors (Lipinski definition) is 6. The summed E-state index contributed by atoms with van der Waals surface area (Å²) in [5.74, 6) is 0.0710. The minimum atomic E-state index is -1.10. The van der Waals surface area contributed by atoms with Crippen LogP contribution < -0.4 is 15.4 Å². The second-order valence-electron chi connectivity index (χ2n) is 7.32. The lowest BCUT2D eigenvalue weighted by Crippen LogP contribution is -2.46. The van der Waals surface area contributed by atoms with Crippen molar-refractivity contribution in [3.63, 3.8) is 0 Å². The highest BCUT2D eigenvalue weighted by Gasteiger charge is 2.21. The van der Waals surface area contributed by atoms with Gasteiger partial charge >= 0.3 is 12.1 Å². The number of rotatable bonds is 10. The molecule has 156 valence electrons. The van der Waals surface area contributed by atoms with Crippen LogP contribution in [0.5, 0.6) is 5.75 Å². The van der Waals surface area contributed by atoms with Crippen LogP contribution in [0.2, 0.25) is 0 Å². The van der Waals surface area contributed by atoms with Crippen LogP contribution in [0.25, 0.3) is 0 Å². The summed E-state index contributed by atoms with van der Waals surface area (Å²) in [6.45, 7) is 9.33. The van der Waals surface area contributed by atoms with Gasteiger partial charge in [0.05, 0.1) is 6.61 Å². The van der Waals surface area contributed by atoms with Gasteiger partial charge in [-0.3, -0.25) is 4.90 Å². The molecule has 0 saturated carbocycles. The zero-order valence-electron chi connectivity index (χ0n) is 16.6. The van der Waals surface area contributed by atoms with Crippen molar-refractivity contribution in [3.05, 3.63) is 29.8 Å². The predicted molar refractivity (Wildman–Crippen MR) is 106 cm³/mol. The summed E-state index contributed by atoms with van der Waals surface area (Å²) >= 11 is 0. The summed E-state index contributed by atoms with van der Waals surface area (Å²) in [6, 6.07) is 6.19. The molecule has 8 nitrogen and oxygen atoms in total. The number of aliphatic carboxylic acids is 1. The maximum Gasteiger partial charge on any atom is 0.407 e. The minimum Gasteiger partial charge on any atom is -0.493 e. The molecule has 0 unspecified atom stereocenters. The van der Waals surface area contributed by atoms with Crippen molar-refractivity contribution in [2.24, 2.45) is 5.92 Å². The summed E-state index contributed by atoms with van der Waals surface area (Å²) in [5, 5.41) is 15.1. The summed E-state index contributed by atoms with van der Waals surface area (Å²) in [7, 11) is 0. The number of ether oxygens (including phenoxy) is 2. The summed E-state index contributed by atoms with van der Waals surface area (Å²) in [6.07, 6.45) is -0.536. The van der Waals surface area contributed by atoms with E-state index in [1.807, 2.05) is 24.3 Å². The molecule has 1 heterocycles. The van der Waals surface area contributed by atoms with Crippen molar-refractivity contribution < 1.29 is 24.2 Å². The van der Waals surface area contributed by atoms with Gasteiger partial charge in [0, 0.05) is 39.1 Å². The fourth-order valence-electron chi connectivity index (χ4n) is 2.81. The van der Waals surface area contributed by atoms with E-state index in [9.17, 15) is 14.7 Å². The fourth-order valence-corrected chi connectivity index (χ4v) is 2.81. The lowest BCUT2D eigenvalue weighted by Gasteiger charge is -2.26. The Balaban J connectivity index is 1.76. The number of nitrogens with zero attached hydrogens (tertiary/aromatic N) is 1. The maximum atomic E-state index is 11.9. The molecule has 1 aliphatic rings. The van der Waals surface area contributed by atoms with Gasteiger partial charge in [0.1, 0.15) is 18.4 Å². The van der Waals surface area contributed by atoms with E-state index in [0.29, 0.717) is 19.1 Å². The van der Waals surface area contributed by atoms with E-state index in [4.69, 9.17) is 9.47 Å². The van der Waals surface area contributed by atoms with Crippen molar-refractivity contribution >= 4 is 12.1 Å². The SMILES string of the molecule is CC(C)COc1ccc(C[C@H](NC(=O)OCCN2CCNCC2)C(=O)O)cc1. The van der Waals surface area contributed by atoms with Crippen molar-refractivity contribution in [2.75, 3.05) is 45.9 Å². The Hall–Kier alpha value is -2.32. The van der Waals surface area contributed by atoms with Crippen molar-refractivity contribution in [1.82, 2.24) is 15.5 Å². The molecule has 1 atom stereocenters. The number of carbonyl (C=O) groups excluding carboxylic acids is 1. The number of carboxylic acid groups (broad SMARTS) is 1. The van der Waals surface area contributed by atoms with Crippen LogP contribution in [0.3, 0.4) is 0 Å². The Morgan fingerprint density at radius 1 is 1.21 bits per heavy atom. The number of benzene rings is 1. The highest BCUT2D eigenvalue weighted by Crippen LogP contribution is 2.14. The van der Waals surface area contributed by atoms with Crippen molar-refractivity contribution in [3.8, 4) is 5.75 Å². The van der Waals surface area contributed by atoms with Gasteiger partial charge in [-0.2, -0.15) is 0 Å². The average molecular weight is 393 g/mol. The van der Waals surface area contributed by atoms with Gasteiger partial charge in [0.2, 0.25) is 0 Å². The van der Waals surface area contributed by atoms with Gasteiger partial charge in [0.15, 0.2) is 0 Å². The van der Waals surface area contributed by atoms with E-state index >= 15 is 0 Å². The van der Waals surface area contributed by atoms with Gasteiger partial charge in [-0.15, -0.1) is 0 Å². The smallest absolute Gasteiger partial charge is 0.407 e. The standard InChI is InChI=1S/C20H31N3O5/c1-15(2)14-28-17-5-3-16(4-6-17)13-18(19(24)25)22-20(26)27-12-11-23-9-7-21-8-10-23/h3-6,15,18,21H,7-14H2,1-2H3,(H,22,26)(H,24,25)/t18-/m0/s1. The molecular weight excluding hydrogens is 362 g/mol. The summed E-state index contributed by atoms with van der Waals surface area (Å²) in [4.78, 5) is 25.6. The van der Waals surface area contributed by atoms with Crippen LogP contribution in [0.15, 0.2) is 24.3 Å². The number of carbonyl (C=O) groups is 2. The summed E-state index contributed by atoms with van der Waals surface area (Å²) < 4.78 is 10.8. The lowest BCUT2D eigenvalue weighted by molar-refractivity contribution is -0.139. The molecule has 8 heteroatoms. The monoisotopic (exact) mass is 393 g/mol. The molecule has 0 aromatic heterocycles. The number of carboxylic acids is 1. The number of nitrogens with one attached hydrogen (secondary N) is 2. The zero-order valence-corrected chi connectivity index (χ0v) is 16.6.